The van der Waals surface area contributed by atoms with E-state index in [-0.39, 0.29) is 18.2 Å². The number of nitrogens with zero attached hydrogens (tertiary/aromatic N) is 3. The molecule has 0 fully saturated rings. The maximum Gasteiger partial charge on any atom is 0.273 e. The van der Waals surface area contributed by atoms with Crippen LogP contribution in [0.25, 0.3) is 0 Å². The van der Waals surface area contributed by atoms with Crippen molar-refractivity contribution >= 4 is 5.91 Å². The van der Waals surface area contributed by atoms with Gasteiger partial charge in [0.2, 0.25) is 0 Å². The molecule has 0 atom stereocenters. The molecule has 2 aromatic heterocycles. The largest absolute Gasteiger partial charge is 0.384 e. The van der Waals surface area contributed by atoms with Crippen LogP contribution in [0.15, 0.2) is 42.9 Å². The van der Waals surface area contributed by atoms with Gasteiger partial charge in [0.25, 0.3) is 5.91 Å². The van der Waals surface area contributed by atoms with Crippen molar-refractivity contribution in [1.82, 2.24) is 14.9 Å². The third-order valence-corrected chi connectivity index (χ3v) is 2.83. The normalized spacial score (nSPS) is 9.62. The number of hydrogen-bond acceptors (Lipinski definition) is 4. The first-order valence-electron chi connectivity index (χ1n) is 6.41. The van der Waals surface area contributed by atoms with Crippen LogP contribution in [0.4, 0.5) is 0 Å². The maximum atomic E-state index is 12.5. The van der Waals surface area contributed by atoms with E-state index in [9.17, 15) is 4.79 Å². The Morgan fingerprint density at radius 3 is 2.76 bits per heavy atom. The molecule has 5 heteroatoms. The monoisotopic (exact) mass is 281 g/mol. The Morgan fingerprint density at radius 2 is 2.05 bits per heavy atom. The van der Waals surface area contributed by atoms with E-state index in [4.69, 9.17) is 5.11 Å². The molecule has 0 aromatic carbocycles. The predicted octanol–water partition coefficient (Wildman–Crippen LogP) is 1.09. The Labute approximate surface area is 123 Å². The van der Waals surface area contributed by atoms with Crippen LogP contribution in [-0.2, 0) is 6.54 Å². The van der Waals surface area contributed by atoms with Crippen molar-refractivity contribution in [3.63, 3.8) is 0 Å². The lowest BCUT2D eigenvalue weighted by atomic mass is 10.1. The van der Waals surface area contributed by atoms with Gasteiger partial charge >= 0.3 is 0 Å². The number of aliphatic hydroxyl groups excluding tert-OH is 1. The first-order valence-corrected chi connectivity index (χ1v) is 6.41. The fraction of sp³-hybridized carbons (Fsp3) is 0.188. The van der Waals surface area contributed by atoms with Gasteiger partial charge < -0.3 is 10.0 Å². The van der Waals surface area contributed by atoms with E-state index in [1.54, 1.807) is 42.7 Å². The molecular formula is C16H15N3O2. The summed E-state index contributed by atoms with van der Waals surface area (Å²) in [5, 5.41) is 8.77. The second kappa shape index (κ2) is 7.17. The number of carbonyl (C=O) groups excluding carboxylic acids is 1. The van der Waals surface area contributed by atoms with Gasteiger partial charge in [0.15, 0.2) is 0 Å². The number of rotatable bonds is 3. The van der Waals surface area contributed by atoms with Gasteiger partial charge in [-0.25, -0.2) is 4.98 Å². The summed E-state index contributed by atoms with van der Waals surface area (Å²) < 4.78 is 0. The number of carbonyl (C=O) groups is 1. The molecule has 0 saturated heterocycles. The van der Waals surface area contributed by atoms with Gasteiger partial charge in [0.1, 0.15) is 12.3 Å². The zero-order valence-corrected chi connectivity index (χ0v) is 11.7. The molecule has 2 heterocycles. The Kier molecular flexibility index (Phi) is 5.02. The summed E-state index contributed by atoms with van der Waals surface area (Å²) >= 11 is 0. The zero-order chi connectivity index (χ0) is 15.1. The van der Waals surface area contributed by atoms with Crippen molar-refractivity contribution in [3.05, 3.63) is 59.7 Å². The third-order valence-electron chi connectivity index (χ3n) is 2.83. The van der Waals surface area contributed by atoms with Crippen LogP contribution in [0.3, 0.4) is 0 Å². The van der Waals surface area contributed by atoms with Crippen LogP contribution < -0.4 is 0 Å². The minimum atomic E-state index is -0.255. The second-order valence-electron chi connectivity index (χ2n) is 4.38. The highest BCUT2D eigenvalue weighted by Gasteiger charge is 2.16. The standard InChI is InChI=1S/C16H15N3O2/c1-19(12-13-6-9-17-10-7-13)16(21)15-14(5-3-11-20)4-2-8-18-15/h2,4,6-10,20H,11-12H2,1H3. The highest BCUT2D eigenvalue weighted by atomic mass is 16.2. The van der Waals surface area contributed by atoms with Gasteiger partial charge in [-0.05, 0) is 29.8 Å². The molecular weight excluding hydrogens is 266 g/mol. The molecule has 106 valence electrons. The highest BCUT2D eigenvalue weighted by Crippen LogP contribution is 2.09. The van der Waals surface area contributed by atoms with Crippen LogP contribution >= 0.6 is 0 Å². The Hall–Kier alpha value is -2.71. The molecule has 0 radical (unpaired) electrons. The fourth-order valence-corrected chi connectivity index (χ4v) is 1.83. The van der Waals surface area contributed by atoms with Crippen molar-refractivity contribution in [3.8, 4) is 11.8 Å². The van der Waals surface area contributed by atoms with Gasteiger partial charge in [-0.3, -0.25) is 9.78 Å². The molecule has 0 saturated carbocycles. The van der Waals surface area contributed by atoms with Gasteiger partial charge in [0, 0.05) is 32.2 Å². The van der Waals surface area contributed by atoms with Gasteiger partial charge in [-0.1, -0.05) is 11.8 Å². The molecule has 0 aliphatic heterocycles. The molecule has 1 amide bonds. The molecule has 0 aliphatic carbocycles. The van der Waals surface area contributed by atoms with E-state index >= 15 is 0 Å². The van der Waals surface area contributed by atoms with Crippen molar-refractivity contribution in [2.24, 2.45) is 0 Å². The van der Waals surface area contributed by atoms with E-state index in [1.165, 1.54) is 0 Å². The summed E-state index contributed by atoms with van der Waals surface area (Å²) in [6.45, 7) is 0.209. The van der Waals surface area contributed by atoms with Crippen LogP contribution in [0.2, 0.25) is 0 Å². The van der Waals surface area contributed by atoms with E-state index in [2.05, 4.69) is 21.8 Å². The zero-order valence-electron chi connectivity index (χ0n) is 11.7. The summed E-state index contributed by atoms with van der Waals surface area (Å²) in [5.74, 6) is 5.06. The molecule has 0 bridgehead atoms. The average molecular weight is 281 g/mol. The molecule has 21 heavy (non-hydrogen) atoms. The first kappa shape index (κ1) is 14.7. The average Bonchev–Trinajstić information content (AvgIpc) is 2.53. The Bertz CT molecular complexity index is 675. The van der Waals surface area contributed by atoms with E-state index in [0.29, 0.717) is 12.1 Å². The number of aliphatic hydroxyl groups is 1. The summed E-state index contributed by atoms with van der Waals surface area (Å²) in [6, 6.07) is 7.13. The molecule has 0 aliphatic rings. The van der Waals surface area contributed by atoms with E-state index < -0.39 is 0 Å². The maximum absolute atomic E-state index is 12.5. The molecule has 0 spiro atoms. The smallest absolute Gasteiger partial charge is 0.273 e. The quantitative estimate of drug-likeness (QED) is 0.855. The summed E-state index contributed by atoms with van der Waals surface area (Å²) in [4.78, 5) is 22.1. The van der Waals surface area contributed by atoms with Gasteiger partial charge in [-0.15, -0.1) is 0 Å². The number of pyridine rings is 2. The van der Waals surface area contributed by atoms with Crippen LogP contribution in [0.1, 0.15) is 21.6 Å². The Morgan fingerprint density at radius 1 is 1.29 bits per heavy atom. The molecule has 0 unspecified atom stereocenters. The first-order chi connectivity index (χ1) is 10.2. The Balaban J connectivity index is 2.20. The number of amides is 1. The van der Waals surface area contributed by atoms with Crippen molar-refractivity contribution in [2.75, 3.05) is 13.7 Å². The van der Waals surface area contributed by atoms with Gasteiger partial charge in [-0.2, -0.15) is 0 Å². The lowest BCUT2D eigenvalue weighted by molar-refractivity contribution is 0.0779. The van der Waals surface area contributed by atoms with Crippen molar-refractivity contribution in [1.29, 1.82) is 0 Å². The second-order valence-corrected chi connectivity index (χ2v) is 4.38. The lowest BCUT2D eigenvalue weighted by Crippen LogP contribution is -2.27. The fourth-order valence-electron chi connectivity index (χ4n) is 1.83. The topological polar surface area (TPSA) is 66.3 Å². The summed E-state index contributed by atoms with van der Waals surface area (Å²) in [6.07, 6.45) is 4.93. The van der Waals surface area contributed by atoms with E-state index in [1.807, 2.05) is 12.1 Å². The number of aromatic nitrogens is 2. The van der Waals surface area contributed by atoms with Gasteiger partial charge in [0.05, 0.1) is 5.56 Å². The minimum absolute atomic E-state index is 0.213. The number of hydrogen-bond donors (Lipinski definition) is 1. The lowest BCUT2D eigenvalue weighted by Gasteiger charge is -2.17. The SMILES string of the molecule is CN(Cc1ccncc1)C(=O)c1ncccc1C#CCO. The van der Waals surface area contributed by atoms with Crippen LogP contribution in [0.5, 0.6) is 0 Å². The molecule has 5 nitrogen and oxygen atoms in total. The van der Waals surface area contributed by atoms with Crippen molar-refractivity contribution < 1.29 is 9.90 Å². The van der Waals surface area contributed by atoms with Crippen molar-refractivity contribution in [2.45, 2.75) is 6.54 Å². The summed E-state index contributed by atoms with van der Waals surface area (Å²) in [7, 11) is 1.71. The highest BCUT2D eigenvalue weighted by molar-refractivity contribution is 5.94. The molecule has 1 N–H and O–H groups in total. The van der Waals surface area contributed by atoms with E-state index in [0.717, 1.165) is 5.56 Å². The summed E-state index contributed by atoms with van der Waals surface area (Å²) in [5.41, 5.74) is 1.79. The molecule has 2 rings (SSSR count). The molecule has 2 aromatic rings. The predicted molar refractivity (Wildman–Crippen MR) is 78.2 cm³/mol. The van der Waals surface area contributed by atoms with Crippen LogP contribution in [-0.4, -0.2) is 39.5 Å². The minimum Gasteiger partial charge on any atom is -0.384 e. The third kappa shape index (κ3) is 3.88. The van der Waals surface area contributed by atoms with Crippen LogP contribution in [0, 0.1) is 11.8 Å².